The van der Waals surface area contributed by atoms with Gasteiger partial charge in [0.15, 0.2) is 11.6 Å². The summed E-state index contributed by atoms with van der Waals surface area (Å²) in [6.07, 6.45) is 1.42. The van der Waals surface area contributed by atoms with Crippen LogP contribution in [-0.2, 0) is 0 Å². The first-order chi connectivity index (χ1) is 9.08. The highest BCUT2D eigenvalue weighted by atomic mass is 16.6. The molecule has 0 atom stereocenters. The van der Waals surface area contributed by atoms with Crippen molar-refractivity contribution in [2.45, 2.75) is 0 Å². The Morgan fingerprint density at radius 3 is 2.53 bits per heavy atom. The van der Waals surface area contributed by atoms with Crippen molar-refractivity contribution < 1.29 is 14.8 Å². The number of aromatic nitrogens is 1. The molecule has 0 saturated heterocycles. The van der Waals surface area contributed by atoms with Crippen LogP contribution in [0.5, 0.6) is 5.75 Å². The second kappa shape index (κ2) is 5.13. The number of hydrogen-bond acceptors (Lipinski definition) is 5. The highest BCUT2D eigenvalue weighted by Crippen LogP contribution is 2.19. The Morgan fingerprint density at radius 1 is 1.26 bits per heavy atom. The number of carbonyl (C=O) groups is 1. The van der Waals surface area contributed by atoms with E-state index in [-0.39, 0.29) is 22.8 Å². The van der Waals surface area contributed by atoms with Crippen LogP contribution in [0, 0.1) is 10.1 Å². The molecule has 1 heterocycles. The molecule has 2 aromatic rings. The van der Waals surface area contributed by atoms with Gasteiger partial charge < -0.3 is 10.4 Å². The van der Waals surface area contributed by atoms with Gasteiger partial charge in [-0.2, -0.15) is 0 Å². The van der Waals surface area contributed by atoms with Gasteiger partial charge in [-0.25, -0.2) is 4.98 Å². The topological polar surface area (TPSA) is 105 Å². The van der Waals surface area contributed by atoms with Crippen molar-refractivity contribution >= 4 is 17.4 Å². The summed E-state index contributed by atoms with van der Waals surface area (Å²) < 4.78 is 0. The Hall–Kier alpha value is -2.96. The van der Waals surface area contributed by atoms with Crippen molar-refractivity contribution in [3.63, 3.8) is 0 Å². The molecule has 1 amide bonds. The molecule has 0 aliphatic rings. The van der Waals surface area contributed by atoms with E-state index >= 15 is 0 Å². The van der Waals surface area contributed by atoms with Gasteiger partial charge in [0.25, 0.3) is 11.6 Å². The van der Waals surface area contributed by atoms with Crippen molar-refractivity contribution in [1.82, 2.24) is 4.98 Å². The Bertz CT molecular complexity index is 625. The zero-order valence-electron chi connectivity index (χ0n) is 9.61. The Balaban J connectivity index is 2.16. The van der Waals surface area contributed by atoms with E-state index in [2.05, 4.69) is 10.3 Å². The number of rotatable bonds is 3. The summed E-state index contributed by atoms with van der Waals surface area (Å²) in [6.45, 7) is 0. The zero-order valence-corrected chi connectivity index (χ0v) is 9.61. The number of nitrogens with zero attached hydrogens (tertiary/aromatic N) is 2. The van der Waals surface area contributed by atoms with Crippen LogP contribution in [0.3, 0.4) is 0 Å². The van der Waals surface area contributed by atoms with Crippen LogP contribution in [0.4, 0.5) is 11.5 Å². The number of pyridine rings is 1. The van der Waals surface area contributed by atoms with Crippen molar-refractivity contribution in [2.75, 3.05) is 5.32 Å². The van der Waals surface area contributed by atoms with Crippen LogP contribution < -0.4 is 5.32 Å². The summed E-state index contributed by atoms with van der Waals surface area (Å²) in [5.41, 5.74) is 0.132. The molecule has 0 unspecified atom stereocenters. The van der Waals surface area contributed by atoms with E-state index in [1.807, 2.05) is 0 Å². The molecule has 2 rings (SSSR count). The van der Waals surface area contributed by atoms with Gasteiger partial charge in [-0.05, 0) is 24.3 Å². The molecule has 0 aliphatic carbocycles. The second-order valence-corrected chi connectivity index (χ2v) is 3.63. The van der Waals surface area contributed by atoms with Crippen LogP contribution in [0.1, 0.15) is 10.4 Å². The Morgan fingerprint density at radius 2 is 1.95 bits per heavy atom. The first-order valence-corrected chi connectivity index (χ1v) is 5.28. The fourth-order valence-corrected chi connectivity index (χ4v) is 1.41. The summed E-state index contributed by atoms with van der Waals surface area (Å²) >= 11 is 0. The van der Waals surface area contributed by atoms with E-state index in [0.29, 0.717) is 0 Å². The molecular weight excluding hydrogens is 250 g/mol. The molecule has 0 saturated carbocycles. The summed E-state index contributed by atoms with van der Waals surface area (Å²) in [5.74, 6) is -0.632. The quantitative estimate of drug-likeness (QED) is 0.647. The fraction of sp³-hybridized carbons (Fsp3) is 0. The fourth-order valence-electron chi connectivity index (χ4n) is 1.41. The van der Waals surface area contributed by atoms with Crippen molar-refractivity contribution in [2.24, 2.45) is 0 Å². The molecule has 0 fully saturated rings. The monoisotopic (exact) mass is 259 g/mol. The van der Waals surface area contributed by atoms with E-state index in [4.69, 9.17) is 0 Å². The van der Waals surface area contributed by atoms with E-state index in [0.717, 1.165) is 0 Å². The molecule has 0 aliphatic heterocycles. The standard InChI is InChI=1S/C12H9N3O4/c16-10-2-1-7-13-11(10)14-12(17)8-3-5-9(6-4-8)15(18)19/h1-7,16H,(H,13,14,17). The van der Waals surface area contributed by atoms with Crippen LogP contribution >= 0.6 is 0 Å². The van der Waals surface area contributed by atoms with Gasteiger partial charge in [0, 0.05) is 23.9 Å². The van der Waals surface area contributed by atoms with Crippen molar-refractivity contribution in [1.29, 1.82) is 0 Å². The van der Waals surface area contributed by atoms with E-state index in [9.17, 15) is 20.0 Å². The van der Waals surface area contributed by atoms with Crippen LogP contribution in [0.15, 0.2) is 42.6 Å². The number of nitrogens with one attached hydrogen (secondary N) is 1. The lowest BCUT2D eigenvalue weighted by molar-refractivity contribution is -0.384. The Kier molecular flexibility index (Phi) is 3.37. The maximum atomic E-state index is 11.8. The zero-order chi connectivity index (χ0) is 13.8. The lowest BCUT2D eigenvalue weighted by Crippen LogP contribution is -2.12. The van der Waals surface area contributed by atoms with Crippen molar-refractivity contribution in [3.8, 4) is 5.75 Å². The highest BCUT2D eigenvalue weighted by Gasteiger charge is 2.11. The maximum Gasteiger partial charge on any atom is 0.269 e. The van der Waals surface area contributed by atoms with Gasteiger partial charge in [0.1, 0.15) is 0 Å². The molecule has 0 radical (unpaired) electrons. The molecule has 1 aromatic carbocycles. The average Bonchev–Trinajstić information content (AvgIpc) is 2.41. The largest absolute Gasteiger partial charge is 0.504 e. The first kappa shape index (κ1) is 12.5. The molecule has 1 aromatic heterocycles. The molecule has 0 spiro atoms. The lowest BCUT2D eigenvalue weighted by Gasteiger charge is -2.05. The van der Waals surface area contributed by atoms with E-state index in [1.54, 1.807) is 0 Å². The molecule has 2 N–H and O–H groups in total. The minimum Gasteiger partial charge on any atom is -0.504 e. The number of benzene rings is 1. The van der Waals surface area contributed by atoms with Gasteiger partial charge in [0.2, 0.25) is 0 Å². The number of hydrogen-bond donors (Lipinski definition) is 2. The minimum absolute atomic E-state index is 0.0332. The van der Waals surface area contributed by atoms with Gasteiger partial charge >= 0.3 is 0 Å². The summed E-state index contributed by atoms with van der Waals surface area (Å²) in [5, 5.41) is 22.3. The third kappa shape index (κ3) is 2.83. The maximum absolute atomic E-state index is 11.8. The average molecular weight is 259 g/mol. The van der Waals surface area contributed by atoms with Gasteiger partial charge in [-0.15, -0.1) is 0 Å². The van der Waals surface area contributed by atoms with Gasteiger partial charge in [0.05, 0.1) is 4.92 Å². The molecular formula is C12H9N3O4. The number of non-ortho nitro benzene ring substituents is 1. The van der Waals surface area contributed by atoms with Crippen LogP contribution in [0.2, 0.25) is 0 Å². The first-order valence-electron chi connectivity index (χ1n) is 5.28. The number of carbonyl (C=O) groups excluding carboxylic acids is 1. The third-order valence-corrected chi connectivity index (χ3v) is 2.36. The van der Waals surface area contributed by atoms with E-state index < -0.39 is 10.8 Å². The Labute approximate surface area is 107 Å². The SMILES string of the molecule is O=C(Nc1ncccc1O)c1ccc([N+](=O)[O-])cc1. The predicted octanol–water partition coefficient (Wildman–Crippen LogP) is 1.95. The lowest BCUT2D eigenvalue weighted by atomic mass is 10.2. The predicted molar refractivity (Wildman–Crippen MR) is 67.0 cm³/mol. The normalized spacial score (nSPS) is 9.89. The van der Waals surface area contributed by atoms with Crippen LogP contribution in [0.25, 0.3) is 0 Å². The number of nitro benzene ring substituents is 1. The van der Waals surface area contributed by atoms with Crippen molar-refractivity contribution in [3.05, 3.63) is 58.3 Å². The molecule has 7 nitrogen and oxygen atoms in total. The molecule has 0 bridgehead atoms. The second-order valence-electron chi connectivity index (χ2n) is 3.63. The highest BCUT2D eigenvalue weighted by molar-refractivity contribution is 6.04. The summed E-state index contributed by atoms with van der Waals surface area (Å²) in [7, 11) is 0. The molecule has 19 heavy (non-hydrogen) atoms. The van der Waals surface area contributed by atoms with E-state index in [1.165, 1.54) is 42.6 Å². The summed E-state index contributed by atoms with van der Waals surface area (Å²) in [4.78, 5) is 25.5. The summed E-state index contributed by atoms with van der Waals surface area (Å²) in [6, 6.07) is 8.02. The number of anilines is 1. The van der Waals surface area contributed by atoms with Crippen LogP contribution in [-0.4, -0.2) is 20.9 Å². The number of aromatic hydroxyl groups is 1. The van der Waals surface area contributed by atoms with Gasteiger partial charge in [-0.3, -0.25) is 14.9 Å². The molecule has 96 valence electrons. The van der Waals surface area contributed by atoms with Gasteiger partial charge in [-0.1, -0.05) is 0 Å². The molecule has 7 heteroatoms. The number of nitro groups is 1. The third-order valence-electron chi connectivity index (χ3n) is 2.36. The smallest absolute Gasteiger partial charge is 0.269 e. The minimum atomic E-state index is -0.549. The number of amides is 1.